The molecule has 0 heterocycles. The van der Waals surface area contributed by atoms with Crippen molar-refractivity contribution in [1.29, 1.82) is 0 Å². The largest absolute Gasteiger partial charge is 0.142 e. The molecule has 0 fully saturated rings. The van der Waals surface area contributed by atoms with Crippen molar-refractivity contribution in [1.82, 2.24) is 0 Å². The van der Waals surface area contributed by atoms with Gasteiger partial charge in [0.2, 0.25) is 0 Å². The van der Waals surface area contributed by atoms with E-state index in [4.69, 9.17) is 0 Å². The highest BCUT2D eigenvalue weighted by molar-refractivity contribution is 9.10. The molecule has 2 heteroatoms. The summed E-state index contributed by atoms with van der Waals surface area (Å²) in [5.74, 6) is 0. The van der Waals surface area contributed by atoms with Gasteiger partial charge in [-0.15, -0.1) is 12.6 Å². The minimum Gasteiger partial charge on any atom is -0.142 e. The Morgan fingerprint density at radius 3 is 2.82 bits per heavy atom. The van der Waals surface area contributed by atoms with Crippen LogP contribution in [0.25, 0.3) is 0 Å². The molecule has 0 N–H and O–H groups in total. The van der Waals surface area contributed by atoms with Gasteiger partial charge >= 0.3 is 0 Å². The Balaban J connectivity index is 2.96. The molecule has 0 amide bonds. The zero-order valence-corrected chi connectivity index (χ0v) is 8.95. The topological polar surface area (TPSA) is 0 Å². The SMILES string of the molecule is CCCc1cccc(Br)c1S. The Kier molecular flexibility index (Phi) is 3.46. The first-order valence-electron chi connectivity index (χ1n) is 3.72. The van der Waals surface area contributed by atoms with Crippen LogP contribution in [0.4, 0.5) is 0 Å². The molecule has 0 aliphatic heterocycles. The minimum absolute atomic E-state index is 1.08. The molecule has 0 bridgehead atoms. The minimum atomic E-state index is 1.08. The molecule has 0 saturated heterocycles. The van der Waals surface area contributed by atoms with E-state index >= 15 is 0 Å². The maximum absolute atomic E-state index is 4.40. The maximum atomic E-state index is 4.40. The predicted octanol–water partition coefficient (Wildman–Crippen LogP) is 3.69. The molecule has 0 unspecified atom stereocenters. The van der Waals surface area contributed by atoms with Gasteiger partial charge in [-0.05, 0) is 34.0 Å². The number of hydrogen-bond acceptors (Lipinski definition) is 1. The normalized spacial score (nSPS) is 10.1. The monoisotopic (exact) mass is 230 g/mol. The molecule has 1 aromatic carbocycles. The van der Waals surface area contributed by atoms with E-state index in [0.717, 1.165) is 15.8 Å². The molecule has 0 saturated carbocycles. The van der Waals surface area contributed by atoms with Crippen LogP contribution in [0.5, 0.6) is 0 Å². The van der Waals surface area contributed by atoms with Crippen molar-refractivity contribution in [2.75, 3.05) is 0 Å². The van der Waals surface area contributed by atoms with E-state index in [9.17, 15) is 0 Å². The third kappa shape index (κ3) is 2.24. The van der Waals surface area contributed by atoms with Crippen molar-refractivity contribution in [2.45, 2.75) is 24.7 Å². The molecule has 0 aliphatic rings. The van der Waals surface area contributed by atoms with E-state index < -0.39 is 0 Å². The lowest BCUT2D eigenvalue weighted by Crippen LogP contribution is -1.85. The van der Waals surface area contributed by atoms with E-state index in [1.54, 1.807) is 0 Å². The third-order valence-corrected chi connectivity index (χ3v) is 3.09. The number of aryl methyl sites for hydroxylation is 1. The molecule has 0 radical (unpaired) electrons. The lowest BCUT2D eigenvalue weighted by atomic mass is 10.1. The molecule has 0 nitrogen and oxygen atoms in total. The Labute approximate surface area is 81.5 Å². The molecule has 1 aromatic rings. The second-order valence-electron chi connectivity index (χ2n) is 2.50. The highest BCUT2D eigenvalue weighted by atomic mass is 79.9. The van der Waals surface area contributed by atoms with Crippen LogP contribution in [0.15, 0.2) is 27.6 Å². The maximum Gasteiger partial charge on any atom is 0.0311 e. The summed E-state index contributed by atoms with van der Waals surface area (Å²) in [6, 6.07) is 6.19. The van der Waals surface area contributed by atoms with Crippen molar-refractivity contribution in [3.05, 3.63) is 28.2 Å². The van der Waals surface area contributed by atoms with E-state index in [1.807, 2.05) is 6.07 Å². The van der Waals surface area contributed by atoms with Crippen LogP contribution in [0.3, 0.4) is 0 Å². The van der Waals surface area contributed by atoms with Crippen LogP contribution in [0, 0.1) is 0 Å². The summed E-state index contributed by atoms with van der Waals surface area (Å²) >= 11 is 7.84. The summed E-state index contributed by atoms with van der Waals surface area (Å²) in [4.78, 5) is 1.08. The van der Waals surface area contributed by atoms with Crippen molar-refractivity contribution in [3.63, 3.8) is 0 Å². The number of rotatable bonds is 2. The van der Waals surface area contributed by atoms with E-state index in [2.05, 4.69) is 47.6 Å². The smallest absolute Gasteiger partial charge is 0.0311 e. The zero-order valence-electron chi connectivity index (χ0n) is 6.47. The van der Waals surface area contributed by atoms with Crippen LogP contribution in [0.2, 0.25) is 0 Å². The molecule has 60 valence electrons. The van der Waals surface area contributed by atoms with Gasteiger partial charge in [-0.3, -0.25) is 0 Å². The number of halogens is 1. The molecule has 0 atom stereocenters. The lowest BCUT2D eigenvalue weighted by molar-refractivity contribution is 0.899. The summed E-state index contributed by atoms with van der Waals surface area (Å²) < 4.78 is 1.09. The van der Waals surface area contributed by atoms with Crippen molar-refractivity contribution in [3.8, 4) is 0 Å². The fraction of sp³-hybridized carbons (Fsp3) is 0.333. The first kappa shape index (κ1) is 9.14. The van der Waals surface area contributed by atoms with E-state index in [-0.39, 0.29) is 0 Å². The first-order valence-corrected chi connectivity index (χ1v) is 4.96. The predicted molar refractivity (Wildman–Crippen MR) is 55.4 cm³/mol. The van der Waals surface area contributed by atoms with Gasteiger partial charge < -0.3 is 0 Å². The van der Waals surface area contributed by atoms with Crippen LogP contribution < -0.4 is 0 Å². The van der Waals surface area contributed by atoms with Gasteiger partial charge in [0.1, 0.15) is 0 Å². The van der Waals surface area contributed by atoms with Crippen molar-refractivity contribution in [2.24, 2.45) is 0 Å². The van der Waals surface area contributed by atoms with Crippen molar-refractivity contribution < 1.29 is 0 Å². The quantitative estimate of drug-likeness (QED) is 0.737. The van der Waals surface area contributed by atoms with Gasteiger partial charge in [0, 0.05) is 9.37 Å². The number of thiol groups is 1. The van der Waals surface area contributed by atoms with Gasteiger partial charge in [0.05, 0.1) is 0 Å². The molecule has 0 spiro atoms. The molecule has 11 heavy (non-hydrogen) atoms. The fourth-order valence-electron chi connectivity index (χ4n) is 1.03. The highest BCUT2D eigenvalue weighted by Gasteiger charge is 1.99. The number of hydrogen-bond donors (Lipinski definition) is 1. The van der Waals surface area contributed by atoms with Crippen LogP contribution in [-0.4, -0.2) is 0 Å². The molecule has 0 aliphatic carbocycles. The number of benzene rings is 1. The van der Waals surface area contributed by atoms with Crippen LogP contribution >= 0.6 is 28.6 Å². The summed E-state index contributed by atoms with van der Waals surface area (Å²) in [6.07, 6.45) is 2.28. The first-order chi connectivity index (χ1) is 5.25. The van der Waals surface area contributed by atoms with Gasteiger partial charge in [-0.2, -0.15) is 0 Å². The van der Waals surface area contributed by atoms with Gasteiger partial charge in [-0.25, -0.2) is 0 Å². The Bertz CT molecular complexity index is 245. The highest BCUT2D eigenvalue weighted by Crippen LogP contribution is 2.24. The molecule has 0 aromatic heterocycles. The van der Waals surface area contributed by atoms with Crippen LogP contribution in [-0.2, 0) is 6.42 Å². The molecular formula is C9H11BrS. The lowest BCUT2D eigenvalue weighted by Gasteiger charge is -2.03. The van der Waals surface area contributed by atoms with E-state index in [1.165, 1.54) is 12.0 Å². The standard InChI is InChI=1S/C9H11BrS/c1-2-4-7-5-3-6-8(10)9(7)11/h3,5-6,11H,2,4H2,1H3. The fourth-order valence-corrected chi connectivity index (χ4v) is 1.70. The second kappa shape index (κ2) is 4.17. The van der Waals surface area contributed by atoms with Gasteiger partial charge in [-0.1, -0.05) is 25.5 Å². The summed E-state index contributed by atoms with van der Waals surface area (Å²) in [6.45, 7) is 2.17. The molecular weight excluding hydrogens is 220 g/mol. The Hall–Kier alpha value is 0.0500. The van der Waals surface area contributed by atoms with Gasteiger partial charge in [0.15, 0.2) is 0 Å². The van der Waals surface area contributed by atoms with Crippen molar-refractivity contribution >= 4 is 28.6 Å². The summed E-state index contributed by atoms with van der Waals surface area (Å²) in [7, 11) is 0. The van der Waals surface area contributed by atoms with Gasteiger partial charge in [0.25, 0.3) is 0 Å². The Morgan fingerprint density at radius 2 is 2.18 bits per heavy atom. The van der Waals surface area contributed by atoms with E-state index in [0.29, 0.717) is 0 Å². The molecule has 1 rings (SSSR count). The average molecular weight is 231 g/mol. The second-order valence-corrected chi connectivity index (χ2v) is 3.80. The Morgan fingerprint density at radius 1 is 1.45 bits per heavy atom. The average Bonchev–Trinajstić information content (AvgIpc) is 1.99. The third-order valence-electron chi connectivity index (χ3n) is 1.59. The zero-order chi connectivity index (χ0) is 8.27. The summed E-state index contributed by atoms with van der Waals surface area (Å²) in [5, 5.41) is 0. The summed E-state index contributed by atoms with van der Waals surface area (Å²) in [5.41, 5.74) is 1.32. The van der Waals surface area contributed by atoms with Crippen LogP contribution in [0.1, 0.15) is 18.9 Å².